The Hall–Kier alpha value is -2.75. The summed E-state index contributed by atoms with van der Waals surface area (Å²) in [6.45, 7) is 5.66. The summed E-state index contributed by atoms with van der Waals surface area (Å²) >= 11 is 0. The lowest BCUT2D eigenvalue weighted by Crippen LogP contribution is -2.10. The van der Waals surface area contributed by atoms with E-state index in [0.717, 1.165) is 11.1 Å². The van der Waals surface area contributed by atoms with Crippen LogP contribution < -0.4 is 4.74 Å². The quantitative estimate of drug-likeness (QED) is 0.516. The zero-order valence-electron chi connectivity index (χ0n) is 13.2. The second kappa shape index (κ2) is 5.80. The maximum absolute atomic E-state index is 13.5. The van der Waals surface area contributed by atoms with Gasteiger partial charge < -0.3 is 4.74 Å². The van der Waals surface area contributed by atoms with E-state index in [1.165, 1.54) is 12.1 Å². The van der Waals surface area contributed by atoms with Crippen molar-refractivity contribution < 1.29 is 13.9 Å². The van der Waals surface area contributed by atoms with E-state index in [2.05, 4.69) is 4.98 Å². The molecular weight excluding hydrogens is 293 g/mol. The number of halogens is 1. The molecule has 4 heteroatoms. The first-order chi connectivity index (χ1) is 10.9. The van der Waals surface area contributed by atoms with E-state index in [9.17, 15) is 9.18 Å². The van der Waals surface area contributed by atoms with Crippen LogP contribution in [0.2, 0.25) is 0 Å². The number of carbonyl (C=O) groups is 1. The van der Waals surface area contributed by atoms with Crippen molar-refractivity contribution in [3.63, 3.8) is 0 Å². The molecule has 0 aliphatic heterocycles. The van der Waals surface area contributed by atoms with Crippen LogP contribution in [0, 0.1) is 26.6 Å². The second-order valence-corrected chi connectivity index (χ2v) is 5.69. The lowest BCUT2D eigenvalue weighted by atomic mass is 10.1. The van der Waals surface area contributed by atoms with Gasteiger partial charge in [-0.1, -0.05) is 6.07 Å². The van der Waals surface area contributed by atoms with E-state index in [-0.39, 0.29) is 0 Å². The zero-order chi connectivity index (χ0) is 16.6. The highest BCUT2D eigenvalue weighted by Crippen LogP contribution is 2.23. The fraction of sp³-hybridized carbons (Fsp3) is 0.158. The summed E-state index contributed by atoms with van der Waals surface area (Å²) in [5.74, 6) is -0.453. The molecule has 23 heavy (non-hydrogen) atoms. The molecule has 3 nitrogen and oxygen atoms in total. The third-order valence-electron chi connectivity index (χ3n) is 3.52. The normalized spacial score (nSPS) is 10.8. The minimum Gasteiger partial charge on any atom is -0.423 e. The van der Waals surface area contributed by atoms with E-state index in [1.54, 1.807) is 31.2 Å². The first kappa shape index (κ1) is 15.2. The van der Waals surface area contributed by atoms with Crippen LogP contribution in [0.5, 0.6) is 5.75 Å². The van der Waals surface area contributed by atoms with Crippen LogP contribution in [0.25, 0.3) is 10.9 Å². The SMILES string of the molecule is Cc1cc(C)cc(OC(=O)c2cc(C)nc3ccc(F)cc23)c1. The molecule has 1 heterocycles. The fourth-order valence-electron chi connectivity index (χ4n) is 2.65. The summed E-state index contributed by atoms with van der Waals surface area (Å²) in [6.07, 6.45) is 0. The maximum atomic E-state index is 13.5. The largest absolute Gasteiger partial charge is 0.423 e. The molecule has 0 N–H and O–H groups in total. The topological polar surface area (TPSA) is 39.2 Å². The Kier molecular flexibility index (Phi) is 3.82. The monoisotopic (exact) mass is 309 g/mol. The second-order valence-electron chi connectivity index (χ2n) is 5.69. The lowest BCUT2D eigenvalue weighted by molar-refractivity contribution is 0.0736. The Labute approximate surface area is 133 Å². The molecular formula is C19H16FNO2. The van der Waals surface area contributed by atoms with Gasteiger partial charge in [-0.05, 0) is 68.3 Å². The number of rotatable bonds is 2. The van der Waals surface area contributed by atoms with Crippen LogP contribution in [0.15, 0.2) is 42.5 Å². The van der Waals surface area contributed by atoms with Crippen molar-refractivity contribution in [1.82, 2.24) is 4.98 Å². The van der Waals surface area contributed by atoms with Crippen molar-refractivity contribution in [2.24, 2.45) is 0 Å². The zero-order valence-corrected chi connectivity index (χ0v) is 13.2. The molecule has 2 aromatic carbocycles. The van der Waals surface area contributed by atoms with Crippen LogP contribution in [0.3, 0.4) is 0 Å². The molecule has 0 bridgehead atoms. The van der Waals surface area contributed by atoms with E-state index < -0.39 is 11.8 Å². The number of pyridine rings is 1. The lowest BCUT2D eigenvalue weighted by Gasteiger charge is -2.09. The van der Waals surface area contributed by atoms with Crippen molar-refractivity contribution in [3.8, 4) is 5.75 Å². The highest BCUT2D eigenvalue weighted by Gasteiger charge is 2.15. The summed E-state index contributed by atoms with van der Waals surface area (Å²) < 4.78 is 19.0. The summed E-state index contributed by atoms with van der Waals surface area (Å²) in [7, 11) is 0. The van der Waals surface area contributed by atoms with E-state index >= 15 is 0 Å². The van der Waals surface area contributed by atoms with Crippen LogP contribution in [0.4, 0.5) is 4.39 Å². The number of carbonyl (C=O) groups excluding carboxylic acids is 1. The molecule has 0 aliphatic rings. The molecule has 0 aliphatic carbocycles. The van der Waals surface area contributed by atoms with Gasteiger partial charge in [-0.25, -0.2) is 9.18 Å². The summed E-state index contributed by atoms with van der Waals surface area (Å²) in [4.78, 5) is 16.9. The number of aromatic nitrogens is 1. The number of nitrogens with zero attached hydrogens (tertiary/aromatic N) is 1. The van der Waals surface area contributed by atoms with Crippen molar-refractivity contribution in [1.29, 1.82) is 0 Å². The van der Waals surface area contributed by atoms with Gasteiger partial charge in [0, 0.05) is 11.1 Å². The van der Waals surface area contributed by atoms with Gasteiger partial charge >= 0.3 is 5.97 Å². The molecule has 1 aromatic heterocycles. The minimum absolute atomic E-state index is 0.311. The predicted molar refractivity (Wildman–Crippen MR) is 87.3 cm³/mol. The number of hydrogen-bond acceptors (Lipinski definition) is 3. The summed E-state index contributed by atoms with van der Waals surface area (Å²) in [5.41, 5.74) is 3.57. The number of fused-ring (bicyclic) bond motifs is 1. The molecule has 0 unspecified atom stereocenters. The minimum atomic E-state index is -0.518. The summed E-state index contributed by atoms with van der Waals surface area (Å²) in [5, 5.41) is 0.449. The maximum Gasteiger partial charge on any atom is 0.344 e. The molecule has 3 rings (SSSR count). The molecule has 0 saturated heterocycles. The fourth-order valence-corrected chi connectivity index (χ4v) is 2.65. The van der Waals surface area contributed by atoms with Gasteiger partial charge in [0.2, 0.25) is 0 Å². The van der Waals surface area contributed by atoms with Gasteiger partial charge in [-0.3, -0.25) is 4.98 Å². The Morgan fingerprint density at radius 3 is 2.39 bits per heavy atom. The van der Waals surface area contributed by atoms with Crippen LogP contribution >= 0.6 is 0 Å². The van der Waals surface area contributed by atoms with Gasteiger partial charge in [0.05, 0.1) is 11.1 Å². The molecule has 0 fully saturated rings. The Balaban J connectivity index is 2.05. The van der Waals surface area contributed by atoms with Crippen molar-refractivity contribution >= 4 is 16.9 Å². The van der Waals surface area contributed by atoms with E-state index in [1.807, 2.05) is 19.9 Å². The van der Waals surface area contributed by atoms with Crippen molar-refractivity contribution in [2.75, 3.05) is 0 Å². The van der Waals surface area contributed by atoms with E-state index in [0.29, 0.717) is 27.9 Å². The number of ether oxygens (including phenoxy) is 1. The third-order valence-corrected chi connectivity index (χ3v) is 3.52. The number of benzene rings is 2. The molecule has 0 amide bonds. The third kappa shape index (κ3) is 3.21. The Morgan fingerprint density at radius 2 is 1.70 bits per heavy atom. The average molecular weight is 309 g/mol. The molecule has 0 saturated carbocycles. The standard InChI is InChI=1S/C19H16FNO2/c1-11-6-12(2)8-15(7-11)23-19(22)17-9-13(3)21-18-5-4-14(20)10-16(17)18/h4-10H,1-3H3. The number of esters is 1. The smallest absolute Gasteiger partial charge is 0.344 e. The van der Waals surface area contributed by atoms with Gasteiger partial charge in [0.15, 0.2) is 0 Å². The van der Waals surface area contributed by atoms with Crippen LogP contribution in [-0.2, 0) is 0 Å². The van der Waals surface area contributed by atoms with Gasteiger partial charge in [0.25, 0.3) is 0 Å². The molecule has 0 atom stereocenters. The Morgan fingerprint density at radius 1 is 1.00 bits per heavy atom. The van der Waals surface area contributed by atoms with Gasteiger partial charge in [0.1, 0.15) is 11.6 Å². The molecule has 116 valence electrons. The Bertz CT molecular complexity index is 898. The van der Waals surface area contributed by atoms with Crippen molar-refractivity contribution in [3.05, 3.63) is 70.7 Å². The number of hydrogen-bond donors (Lipinski definition) is 0. The van der Waals surface area contributed by atoms with Gasteiger partial charge in [-0.2, -0.15) is 0 Å². The molecule has 0 radical (unpaired) electrons. The predicted octanol–water partition coefficient (Wildman–Crippen LogP) is 4.52. The van der Waals surface area contributed by atoms with Crippen LogP contribution in [-0.4, -0.2) is 11.0 Å². The average Bonchev–Trinajstić information content (AvgIpc) is 2.45. The first-order valence-electron chi connectivity index (χ1n) is 7.30. The number of aryl methyl sites for hydroxylation is 3. The van der Waals surface area contributed by atoms with E-state index in [4.69, 9.17) is 4.74 Å². The molecule has 3 aromatic rings. The highest BCUT2D eigenvalue weighted by atomic mass is 19.1. The summed E-state index contributed by atoms with van der Waals surface area (Å²) in [6, 6.07) is 11.4. The molecule has 0 spiro atoms. The van der Waals surface area contributed by atoms with Crippen LogP contribution in [0.1, 0.15) is 27.2 Å². The van der Waals surface area contributed by atoms with Crippen molar-refractivity contribution in [2.45, 2.75) is 20.8 Å². The first-order valence-corrected chi connectivity index (χ1v) is 7.30. The van der Waals surface area contributed by atoms with Gasteiger partial charge in [-0.15, -0.1) is 0 Å². The highest BCUT2D eigenvalue weighted by molar-refractivity contribution is 6.04.